The zero-order chi connectivity index (χ0) is 22.1. The highest BCUT2D eigenvalue weighted by Gasteiger charge is 2.49. The Kier molecular flexibility index (Phi) is 7.14. The van der Waals surface area contributed by atoms with E-state index in [0.717, 1.165) is 36.3 Å². The third kappa shape index (κ3) is 5.16. The minimum atomic E-state index is -0.561. The summed E-state index contributed by atoms with van der Waals surface area (Å²) in [5.41, 5.74) is 3.03. The van der Waals surface area contributed by atoms with Crippen LogP contribution >= 0.6 is 0 Å². The van der Waals surface area contributed by atoms with Gasteiger partial charge in [0, 0.05) is 6.42 Å². The molecule has 2 N–H and O–H groups in total. The number of aliphatic hydroxyl groups is 2. The van der Waals surface area contributed by atoms with E-state index in [2.05, 4.69) is 32.1 Å². The van der Waals surface area contributed by atoms with E-state index in [9.17, 15) is 15.0 Å². The van der Waals surface area contributed by atoms with Crippen molar-refractivity contribution in [3.05, 3.63) is 34.9 Å². The van der Waals surface area contributed by atoms with Crippen LogP contribution in [0.15, 0.2) is 34.9 Å². The number of carbonyl (C=O) groups is 1. The van der Waals surface area contributed by atoms with Crippen molar-refractivity contribution in [1.82, 2.24) is 0 Å². The Labute approximate surface area is 183 Å². The van der Waals surface area contributed by atoms with Crippen LogP contribution in [0.2, 0.25) is 0 Å². The van der Waals surface area contributed by atoms with Gasteiger partial charge in [-0.3, -0.25) is 4.79 Å². The molecule has 0 bridgehead atoms. The molecule has 3 aliphatic rings. The lowest BCUT2D eigenvalue weighted by Gasteiger charge is -2.43. The molecule has 3 aliphatic carbocycles. The number of carbonyl (C=O) groups excluding carboxylic acids is 1. The first-order chi connectivity index (χ1) is 14.0. The number of Topliss-reactive ketones (excluding diaryl/α,β-unsaturated/α-hetero) is 1. The first kappa shape index (κ1) is 23.5. The van der Waals surface area contributed by atoms with Gasteiger partial charge in [0.25, 0.3) is 0 Å². The van der Waals surface area contributed by atoms with Gasteiger partial charge in [0.2, 0.25) is 0 Å². The average molecular weight is 415 g/mol. The van der Waals surface area contributed by atoms with Crippen LogP contribution in [0.1, 0.15) is 92.4 Å². The maximum Gasteiger partial charge on any atom is 0.161 e. The van der Waals surface area contributed by atoms with Gasteiger partial charge in [-0.2, -0.15) is 0 Å². The fraction of sp³-hybridized carbons (Fsp3) is 0.741. The van der Waals surface area contributed by atoms with E-state index in [1.165, 1.54) is 31.3 Å². The molecule has 3 heteroatoms. The fourth-order valence-electron chi connectivity index (χ4n) is 6.45. The van der Waals surface area contributed by atoms with Crippen molar-refractivity contribution in [2.75, 3.05) is 0 Å². The molecule has 30 heavy (non-hydrogen) atoms. The number of hydrogen-bond acceptors (Lipinski definition) is 3. The van der Waals surface area contributed by atoms with Crippen LogP contribution in [0.25, 0.3) is 0 Å². The smallest absolute Gasteiger partial charge is 0.161 e. The molecule has 5 atom stereocenters. The number of aliphatic hydroxyl groups excluding tert-OH is 1. The summed E-state index contributed by atoms with van der Waals surface area (Å²) in [6.07, 6.45) is 15.1. The van der Waals surface area contributed by atoms with E-state index in [1.807, 2.05) is 20.8 Å². The zero-order valence-corrected chi connectivity index (χ0v) is 19.7. The quantitative estimate of drug-likeness (QED) is 0.544. The van der Waals surface area contributed by atoms with E-state index in [1.54, 1.807) is 0 Å². The monoisotopic (exact) mass is 414 g/mol. The predicted octanol–water partition coefficient (Wildman–Crippen LogP) is 5.91. The summed E-state index contributed by atoms with van der Waals surface area (Å²) >= 11 is 0. The van der Waals surface area contributed by atoms with Gasteiger partial charge in [0.05, 0.1) is 11.7 Å². The van der Waals surface area contributed by atoms with Gasteiger partial charge in [-0.15, -0.1) is 0 Å². The zero-order valence-electron chi connectivity index (χ0n) is 19.7. The van der Waals surface area contributed by atoms with E-state index < -0.39 is 11.7 Å². The SMILES string of the molecule is CC1=C(C=CC2=CCC[C@@]3(C)C2CC[C@@H]3C(C)CCCC(C)(C)O)CC(O)CC1=O. The summed E-state index contributed by atoms with van der Waals surface area (Å²) in [7, 11) is 0. The molecule has 3 unspecified atom stereocenters. The third-order valence-corrected chi connectivity index (χ3v) is 8.26. The van der Waals surface area contributed by atoms with Crippen LogP contribution in [0.5, 0.6) is 0 Å². The van der Waals surface area contributed by atoms with E-state index >= 15 is 0 Å². The third-order valence-electron chi connectivity index (χ3n) is 8.26. The number of allylic oxidation sites excluding steroid dienone is 5. The standard InChI is InChI=1S/C27H42O3/c1-18(8-6-14-26(3,4)30)23-12-13-24-20(9-7-15-27(23,24)5)10-11-21-16-22(28)17-25(29)19(21)2/h9-11,18,22-24,28,30H,6-8,12-17H2,1-5H3/t18?,22?,23-,24?,27-/m1/s1. The minimum Gasteiger partial charge on any atom is -0.392 e. The van der Waals surface area contributed by atoms with Crippen LogP contribution in [0.3, 0.4) is 0 Å². The lowest BCUT2D eigenvalue weighted by atomic mass is 9.62. The lowest BCUT2D eigenvalue weighted by Crippen LogP contribution is -2.35. The second kappa shape index (κ2) is 9.12. The lowest BCUT2D eigenvalue weighted by molar-refractivity contribution is -0.117. The van der Waals surface area contributed by atoms with Crippen molar-refractivity contribution >= 4 is 5.78 Å². The molecule has 168 valence electrons. The van der Waals surface area contributed by atoms with Gasteiger partial charge in [0.1, 0.15) is 0 Å². The van der Waals surface area contributed by atoms with Crippen LogP contribution < -0.4 is 0 Å². The molecule has 1 saturated carbocycles. The highest BCUT2D eigenvalue weighted by molar-refractivity contribution is 5.97. The number of rotatable bonds is 7. The Morgan fingerprint density at radius 2 is 2.00 bits per heavy atom. The van der Waals surface area contributed by atoms with Crippen molar-refractivity contribution in [2.24, 2.45) is 23.2 Å². The van der Waals surface area contributed by atoms with Gasteiger partial charge in [0.15, 0.2) is 5.78 Å². The maximum atomic E-state index is 12.1. The number of hydrogen-bond donors (Lipinski definition) is 2. The molecule has 3 nitrogen and oxygen atoms in total. The van der Waals surface area contributed by atoms with E-state index in [0.29, 0.717) is 23.7 Å². The molecule has 0 aliphatic heterocycles. The van der Waals surface area contributed by atoms with Crippen molar-refractivity contribution < 1.29 is 15.0 Å². The Morgan fingerprint density at radius 1 is 1.27 bits per heavy atom. The molecule has 0 spiro atoms. The molecule has 0 aromatic rings. The molecule has 0 amide bonds. The van der Waals surface area contributed by atoms with Crippen molar-refractivity contribution in [3.63, 3.8) is 0 Å². The van der Waals surface area contributed by atoms with Gasteiger partial charge in [-0.25, -0.2) is 0 Å². The topological polar surface area (TPSA) is 57.5 Å². The average Bonchev–Trinajstić information content (AvgIpc) is 3.00. The second-order valence-electron chi connectivity index (χ2n) is 11.1. The summed E-state index contributed by atoms with van der Waals surface area (Å²) in [6.45, 7) is 10.6. The summed E-state index contributed by atoms with van der Waals surface area (Å²) in [6, 6.07) is 0. The molecule has 0 heterocycles. The van der Waals surface area contributed by atoms with Crippen LogP contribution in [0, 0.1) is 23.2 Å². The molecule has 0 saturated heterocycles. The van der Waals surface area contributed by atoms with Gasteiger partial charge in [-0.1, -0.05) is 44.9 Å². The Hall–Kier alpha value is -1.19. The Bertz CT molecular complexity index is 736. The minimum absolute atomic E-state index is 0.0803. The highest BCUT2D eigenvalue weighted by atomic mass is 16.3. The first-order valence-electron chi connectivity index (χ1n) is 12.0. The first-order valence-corrected chi connectivity index (χ1v) is 12.0. The molecule has 0 aromatic carbocycles. The van der Waals surface area contributed by atoms with Gasteiger partial charge in [-0.05, 0) is 99.2 Å². The summed E-state index contributed by atoms with van der Waals surface area (Å²) in [4.78, 5) is 12.1. The summed E-state index contributed by atoms with van der Waals surface area (Å²) in [5, 5.41) is 20.0. The van der Waals surface area contributed by atoms with Crippen molar-refractivity contribution in [2.45, 2.75) is 104 Å². The van der Waals surface area contributed by atoms with Crippen LogP contribution in [0.4, 0.5) is 0 Å². The fourth-order valence-corrected chi connectivity index (χ4v) is 6.45. The van der Waals surface area contributed by atoms with E-state index in [-0.39, 0.29) is 12.2 Å². The second-order valence-corrected chi connectivity index (χ2v) is 11.1. The van der Waals surface area contributed by atoms with Crippen molar-refractivity contribution in [1.29, 1.82) is 0 Å². The Morgan fingerprint density at radius 3 is 2.70 bits per heavy atom. The van der Waals surface area contributed by atoms with Gasteiger partial charge >= 0.3 is 0 Å². The molecule has 1 fully saturated rings. The van der Waals surface area contributed by atoms with Crippen molar-refractivity contribution in [3.8, 4) is 0 Å². The maximum absolute atomic E-state index is 12.1. The van der Waals surface area contributed by atoms with E-state index in [4.69, 9.17) is 0 Å². The molecular formula is C27H42O3. The Balaban J connectivity index is 1.69. The van der Waals surface area contributed by atoms with Crippen LogP contribution in [-0.4, -0.2) is 27.7 Å². The normalized spacial score (nSPS) is 33.8. The molecule has 0 aromatic heterocycles. The van der Waals surface area contributed by atoms with Gasteiger partial charge < -0.3 is 10.2 Å². The molecular weight excluding hydrogens is 372 g/mol. The molecule has 3 rings (SSSR count). The molecule has 0 radical (unpaired) electrons. The number of fused-ring (bicyclic) bond motifs is 1. The van der Waals surface area contributed by atoms with Crippen LogP contribution in [-0.2, 0) is 4.79 Å². The number of ketones is 1. The highest BCUT2D eigenvalue weighted by Crippen LogP contribution is 2.58. The summed E-state index contributed by atoms with van der Waals surface area (Å²) in [5.74, 6) is 2.09. The largest absolute Gasteiger partial charge is 0.392 e. The summed E-state index contributed by atoms with van der Waals surface area (Å²) < 4.78 is 0. The predicted molar refractivity (Wildman–Crippen MR) is 123 cm³/mol.